The lowest BCUT2D eigenvalue weighted by Crippen LogP contribution is -2.06. The summed E-state index contributed by atoms with van der Waals surface area (Å²) in [5.74, 6) is -1.38. The van der Waals surface area contributed by atoms with Gasteiger partial charge in [-0.25, -0.2) is 4.57 Å². The Morgan fingerprint density at radius 3 is 2.24 bits per heavy atom. The molecule has 0 heterocycles. The molecule has 0 aliphatic rings. The van der Waals surface area contributed by atoms with Crippen molar-refractivity contribution in [2.24, 2.45) is 0 Å². The van der Waals surface area contributed by atoms with Crippen LogP contribution in [0.1, 0.15) is 28.8 Å². The molecular weight excluding hydrogens is 349 g/mol. The molecule has 9 heteroatoms. The van der Waals surface area contributed by atoms with Crippen LogP contribution >= 0.6 is 7.75 Å². The molecule has 6 N–H and O–H groups in total. The van der Waals surface area contributed by atoms with Crippen LogP contribution in [0, 0.1) is 0 Å². The third-order valence-corrected chi connectivity index (χ3v) is 3.99. The van der Waals surface area contributed by atoms with E-state index in [4.69, 9.17) is 9.79 Å². The van der Waals surface area contributed by atoms with E-state index in [0.29, 0.717) is 12.8 Å². The summed E-state index contributed by atoms with van der Waals surface area (Å²) < 4.78 is 11.1. The molecule has 2 aromatic carbocycles. The SMILES string of the molecule is O=C(CCCc1ccc(O)cc1)c1c(O)cc(O)cc1NP(=O)(O)O. The van der Waals surface area contributed by atoms with E-state index in [1.54, 1.807) is 12.1 Å². The number of phenolic OH excluding ortho intramolecular Hbond substituents is 3. The van der Waals surface area contributed by atoms with E-state index in [2.05, 4.69) is 0 Å². The molecule has 0 spiro atoms. The maximum Gasteiger partial charge on any atom is 0.427 e. The Morgan fingerprint density at radius 2 is 1.64 bits per heavy atom. The molecule has 134 valence electrons. The number of hydrogen-bond donors (Lipinski definition) is 6. The van der Waals surface area contributed by atoms with Crippen LogP contribution in [0.15, 0.2) is 36.4 Å². The van der Waals surface area contributed by atoms with Gasteiger partial charge in [-0.2, -0.15) is 0 Å². The Morgan fingerprint density at radius 1 is 1.00 bits per heavy atom. The average molecular weight is 367 g/mol. The number of aromatic hydroxyl groups is 3. The molecule has 0 saturated carbocycles. The molecule has 2 rings (SSSR count). The van der Waals surface area contributed by atoms with Crippen molar-refractivity contribution < 1.29 is 34.5 Å². The van der Waals surface area contributed by atoms with Crippen molar-refractivity contribution in [3.63, 3.8) is 0 Å². The lowest BCUT2D eigenvalue weighted by Gasteiger charge is -2.14. The molecular formula is C16H18NO7P. The number of benzene rings is 2. The van der Waals surface area contributed by atoms with E-state index in [1.807, 2.05) is 5.09 Å². The Hall–Kier alpha value is -2.54. The van der Waals surface area contributed by atoms with Crippen LogP contribution < -0.4 is 5.09 Å². The number of nitrogens with one attached hydrogen (secondary N) is 1. The van der Waals surface area contributed by atoms with Crippen LogP contribution in [0.25, 0.3) is 0 Å². The summed E-state index contributed by atoms with van der Waals surface area (Å²) in [4.78, 5) is 30.4. The average Bonchev–Trinajstić information content (AvgIpc) is 2.46. The molecule has 0 unspecified atom stereocenters. The van der Waals surface area contributed by atoms with Crippen LogP contribution in [0.4, 0.5) is 5.69 Å². The van der Waals surface area contributed by atoms with Crippen LogP contribution in [0.3, 0.4) is 0 Å². The first-order chi connectivity index (χ1) is 11.7. The van der Waals surface area contributed by atoms with Crippen molar-refractivity contribution in [1.82, 2.24) is 0 Å². The summed E-state index contributed by atoms with van der Waals surface area (Å²) in [6.07, 6.45) is 1.00. The summed E-state index contributed by atoms with van der Waals surface area (Å²) in [5.41, 5.74) is 0.293. The number of rotatable bonds is 7. The number of hydrogen-bond acceptors (Lipinski definition) is 5. The van der Waals surface area contributed by atoms with Crippen LogP contribution in [0.5, 0.6) is 17.2 Å². The zero-order valence-corrected chi connectivity index (χ0v) is 14.0. The quantitative estimate of drug-likeness (QED) is 0.323. The molecule has 0 radical (unpaired) electrons. The maximum absolute atomic E-state index is 12.4. The van der Waals surface area contributed by atoms with Gasteiger partial charge in [0, 0.05) is 18.6 Å². The molecule has 0 saturated heterocycles. The van der Waals surface area contributed by atoms with Crippen molar-refractivity contribution in [2.75, 3.05) is 5.09 Å². The second kappa shape index (κ2) is 7.57. The predicted molar refractivity (Wildman–Crippen MR) is 90.8 cm³/mol. The highest BCUT2D eigenvalue weighted by Crippen LogP contribution is 2.41. The molecule has 0 amide bonds. The van der Waals surface area contributed by atoms with Gasteiger partial charge in [0.2, 0.25) is 0 Å². The smallest absolute Gasteiger partial charge is 0.427 e. The van der Waals surface area contributed by atoms with E-state index in [0.717, 1.165) is 17.7 Å². The van der Waals surface area contributed by atoms with Crippen molar-refractivity contribution in [2.45, 2.75) is 19.3 Å². The van der Waals surface area contributed by atoms with Gasteiger partial charge in [-0.15, -0.1) is 0 Å². The van der Waals surface area contributed by atoms with Gasteiger partial charge in [0.05, 0.1) is 11.3 Å². The standard InChI is InChI=1S/C16H18NO7P/c18-11-6-4-10(5-7-11)2-1-3-14(20)16-13(17-25(22,23)24)8-12(19)9-15(16)21/h4-9,18-19,21H,1-3H2,(H3,17,22,23,24). The van der Waals surface area contributed by atoms with Crippen molar-refractivity contribution in [3.05, 3.63) is 47.5 Å². The summed E-state index contributed by atoms with van der Waals surface area (Å²) in [7, 11) is -4.72. The van der Waals surface area contributed by atoms with Gasteiger partial charge in [0.15, 0.2) is 5.78 Å². The fraction of sp³-hybridized carbons (Fsp3) is 0.188. The third kappa shape index (κ3) is 5.49. The first-order valence-corrected chi connectivity index (χ1v) is 8.98. The number of ketones is 1. The zero-order valence-electron chi connectivity index (χ0n) is 13.1. The minimum Gasteiger partial charge on any atom is -0.508 e. The van der Waals surface area contributed by atoms with E-state index in [9.17, 15) is 24.7 Å². The summed E-state index contributed by atoms with van der Waals surface area (Å²) >= 11 is 0. The topological polar surface area (TPSA) is 147 Å². The molecule has 8 nitrogen and oxygen atoms in total. The molecule has 0 bridgehead atoms. The summed E-state index contributed by atoms with van der Waals surface area (Å²) in [6.45, 7) is 0. The minimum absolute atomic E-state index is 0.0229. The Bertz CT molecular complexity index is 814. The number of phenols is 3. The van der Waals surface area contributed by atoms with E-state index in [-0.39, 0.29) is 23.4 Å². The predicted octanol–water partition coefficient (Wildman–Crippen LogP) is 2.51. The molecule has 25 heavy (non-hydrogen) atoms. The molecule has 0 aromatic heterocycles. The van der Waals surface area contributed by atoms with E-state index in [1.165, 1.54) is 12.1 Å². The summed E-state index contributed by atoms with van der Waals surface area (Å²) in [5, 5.41) is 30.4. The zero-order chi connectivity index (χ0) is 18.6. The normalized spacial score (nSPS) is 11.3. The largest absolute Gasteiger partial charge is 0.508 e. The van der Waals surface area contributed by atoms with Crippen LogP contribution in [0.2, 0.25) is 0 Å². The lowest BCUT2D eigenvalue weighted by atomic mass is 10.0. The van der Waals surface area contributed by atoms with Gasteiger partial charge in [0.1, 0.15) is 17.2 Å². The molecule has 0 aliphatic heterocycles. The highest BCUT2D eigenvalue weighted by atomic mass is 31.2. The second-order valence-electron chi connectivity index (χ2n) is 5.49. The monoisotopic (exact) mass is 367 g/mol. The van der Waals surface area contributed by atoms with E-state index < -0.39 is 25.0 Å². The maximum atomic E-state index is 12.4. The van der Waals surface area contributed by atoms with Gasteiger partial charge in [0.25, 0.3) is 0 Å². The van der Waals surface area contributed by atoms with Gasteiger partial charge < -0.3 is 25.1 Å². The van der Waals surface area contributed by atoms with Crippen LogP contribution in [-0.4, -0.2) is 30.9 Å². The number of aryl methyl sites for hydroxylation is 1. The van der Waals surface area contributed by atoms with Crippen molar-refractivity contribution in [1.29, 1.82) is 0 Å². The number of carbonyl (C=O) groups is 1. The first kappa shape index (κ1) is 18.8. The van der Waals surface area contributed by atoms with Gasteiger partial charge in [-0.05, 0) is 30.5 Å². The van der Waals surface area contributed by atoms with Crippen molar-refractivity contribution >= 4 is 19.2 Å². The van der Waals surface area contributed by atoms with Gasteiger partial charge >= 0.3 is 7.75 Å². The van der Waals surface area contributed by atoms with Gasteiger partial charge in [-0.1, -0.05) is 12.1 Å². The Kier molecular flexibility index (Phi) is 5.69. The number of anilines is 1. The third-order valence-electron chi connectivity index (χ3n) is 3.45. The minimum atomic E-state index is -4.72. The number of carbonyl (C=O) groups excluding carboxylic acids is 1. The lowest BCUT2D eigenvalue weighted by molar-refractivity contribution is 0.0978. The first-order valence-electron chi connectivity index (χ1n) is 7.36. The second-order valence-corrected chi connectivity index (χ2v) is 6.80. The van der Waals surface area contributed by atoms with E-state index >= 15 is 0 Å². The number of Topliss-reactive ketones (excluding diaryl/α,β-unsaturated/α-hetero) is 1. The highest BCUT2D eigenvalue weighted by molar-refractivity contribution is 7.53. The van der Waals surface area contributed by atoms with Gasteiger partial charge in [-0.3, -0.25) is 9.88 Å². The summed E-state index contributed by atoms with van der Waals surface area (Å²) in [6, 6.07) is 8.40. The molecule has 0 aliphatic carbocycles. The molecule has 0 fully saturated rings. The molecule has 0 atom stereocenters. The van der Waals surface area contributed by atoms with Crippen molar-refractivity contribution in [3.8, 4) is 17.2 Å². The Balaban J connectivity index is 2.12. The molecule has 2 aromatic rings. The fourth-order valence-electron chi connectivity index (χ4n) is 2.39. The Labute approximate surface area is 143 Å². The fourth-order valence-corrected chi connectivity index (χ4v) is 2.88. The van der Waals surface area contributed by atoms with Crippen LogP contribution in [-0.2, 0) is 11.0 Å². The highest BCUT2D eigenvalue weighted by Gasteiger charge is 2.22.